The zero-order valence-electron chi connectivity index (χ0n) is 12.0. The Morgan fingerprint density at radius 3 is 2.43 bits per heavy atom. The zero-order chi connectivity index (χ0) is 15.8. The molecule has 0 saturated heterocycles. The number of nitrogens with one attached hydrogen (secondary N) is 1. The summed E-state index contributed by atoms with van der Waals surface area (Å²) in [5, 5.41) is 4.62. The molecule has 4 aromatic rings. The van der Waals surface area contributed by atoms with Crippen LogP contribution in [-0.2, 0) is 0 Å². The van der Waals surface area contributed by atoms with E-state index in [1.165, 1.54) is 24.3 Å². The van der Waals surface area contributed by atoms with Gasteiger partial charge in [-0.2, -0.15) is 0 Å². The molecule has 23 heavy (non-hydrogen) atoms. The van der Waals surface area contributed by atoms with E-state index in [0.717, 1.165) is 21.9 Å². The molecule has 0 unspecified atom stereocenters. The van der Waals surface area contributed by atoms with Gasteiger partial charge in [0.2, 0.25) is 0 Å². The van der Waals surface area contributed by atoms with E-state index in [1.54, 1.807) is 18.2 Å². The number of anilines is 1. The van der Waals surface area contributed by atoms with Crippen LogP contribution in [0.4, 0.5) is 10.1 Å². The number of furan rings is 1. The Morgan fingerprint density at radius 1 is 0.870 bits per heavy atom. The fourth-order valence-corrected chi connectivity index (χ4v) is 2.60. The van der Waals surface area contributed by atoms with Crippen molar-refractivity contribution in [3.8, 4) is 0 Å². The highest BCUT2D eigenvalue weighted by Gasteiger charge is 2.11. The van der Waals surface area contributed by atoms with Crippen LogP contribution in [0.1, 0.15) is 10.4 Å². The van der Waals surface area contributed by atoms with Crippen LogP contribution in [-0.4, -0.2) is 5.91 Å². The highest BCUT2D eigenvalue weighted by atomic mass is 19.1. The number of rotatable bonds is 2. The van der Waals surface area contributed by atoms with Gasteiger partial charge in [0.1, 0.15) is 17.0 Å². The van der Waals surface area contributed by atoms with E-state index in [0.29, 0.717) is 11.3 Å². The summed E-state index contributed by atoms with van der Waals surface area (Å²) in [6.45, 7) is 0. The van der Waals surface area contributed by atoms with Crippen LogP contribution >= 0.6 is 0 Å². The van der Waals surface area contributed by atoms with Gasteiger partial charge in [0.25, 0.3) is 5.91 Å². The van der Waals surface area contributed by atoms with Gasteiger partial charge in [0.05, 0.1) is 0 Å². The fourth-order valence-electron chi connectivity index (χ4n) is 2.60. The molecule has 0 fully saturated rings. The number of carbonyl (C=O) groups is 1. The second kappa shape index (κ2) is 5.25. The Balaban J connectivity index is 1.71. The minimum atomic E-state index is -0.339. The first-order chi connectivity index (χ1) is 11.2. The van der Waals surface area contributed by atoms with Crippen molar-refractivity contribution in [1.29, 1.82) is 0 Å². The van der Waals surface area contributed by atoms with Gasteiger partial charge in [-0.1, -0.05) is 18.2 Å². The van der Waals surface area contributed by atoms with Crippen molar-refractivity contribution >= 4 is 33.5 Å². The highest BCUT2D eigenvalue weighted by Crippen LogP contribution is 2.29. The average molecular weight is 305 g/mol. The quantitative estimate of drug-likeness (QED) is 0.567. The van der Waals surface area contributed by atoms with Crippen LogP contribution in [0.5, 0.6) is 0 Å². The molecule has 3 aromatic carbocycles. The number of benzene rings is 3. The molecule has 0 aliphatic rings. The molecule has 1 aromatic heterocycles. The van der Waals surface area contributed by atoms with Crippen molar-refractivity contribution in [3.63, 3.8) is 0 Å². The van der Waals surface area contributed by atoms with Crippen molar-refractivity contribution in [2.75, 3.05) is 5.32 Å². The highest BCUT2D eigenvalue weighted by molar-refractivity contribution is 6.10. The van der Waals surface area contributed by atoms with E-state index >= 15 is 0 Å². The topological polar surface area (TPSA) is 42.2 Å². The number of halogens is 1. The average Bonchev–Trinajstić information content (AvgIpc) is 2.94. The SMILES string of the molecule is O=C(Nc1ccc(F)cc1)c1ccc2oc3ccccc3c2c1. The Morgan fingerprint density at radius 2 is 1.61 bits per heavy atom. The van der Waals surface area contributed by atoms with Gasteiger partial charge in [-0.25, -0.2) is 4.39 Å². The first-order valence-electron chi connectivity index (χ1n) is 7.19. The molecule has 1 heterocycles. The molecular weight excluding hydrogens is 293 g/mol. The van der Waals surface area contributed by atoms with E-state index in [9.17, 15) is 9.18 Å². The van der Waals surface area contributed by atoms with Gasteiger partial charge in [-0.05, 0) is 48.5 Å². The lowest BCUT2D eigenvalue weighted by Crippen LogP contribution is -2.11. The molecule has 0 bridgehead atoms. The molecule has 3 nitrogen and oxygen atoms in total. The van der Waals surface area contributed by atoms with Gasteiger partial charge in [0, 0.05) is 22.0 Å². The van der Waals surface area contributed by atoms with Crippen molar-refractivity contribution in [2.45, 2.75) is 0 Å². The summed E-state index contributed by atoms with van der Waals surface area (Å²) in [6, 6.07) is 18.7. The smallest absolute Gasteiger partial charge is 0.255 e. The number of hydrogen-bond acceptors (Lipinski definition) is 2. The summed E-state index contributed by atoms with van der Waals surface area (Å²) in [4.78, 5) is 12.4. The second-order valence-electron chi connectivity index (χ2n) is 5.27. The van der Waals surface area contributed by atoms with Crippen molar-refractivity contribution in [2.24, 2.45) is 0 Å². The largest absolute Gasteiger partial charge is 0.456 e. The lowest BCUT2D eigenvalue weighted by atomic mass is 10.1. The summed E-state index contributed by atoms with van der Waals surface area (Å²) in [5.41, 5.74) is 2.60. The Bertz CT molecular complexity index is 1020. The monoisotopic (exact) mass is 305 g/mol. The molecule has 1 amide bonds. The predicted molar refractivity (Wildman–Crippen MR) is 88.1 cm³/mol. The van der Waals surface area contributed by atoms with E-state index in [1.807, 2.05) is 24.3 Å². The van der Waals surface area contributed by atoms with Crippen LogP contribution in [0.3, 0.4) is 0 Å². The van der Waals surface area contributed by atoms with Gasteiger partial charge in [-0.3, -0.25) is 4.79 Å². The van der Waals surface area contributed by atoms with Crippen molar-refractivity contribution in [3.05, 3.63) is 78.1 Å². The number of hydrogen-bond donors (Lipinski definition) is 1. The Hall–Kier alpha value is -3.14. The summed E-state index contributed by atoms with van der Waals surface area (Å²) in [6.07, 6.45) is 0. The molecule has 0 aliphatic carbocycles. The molecule has 4 heteroatoms. The number of amides is 1. The first-order valence-corrected chi connectivity index (χ1v) is 7.19. The van der Waals surface area contributed by atoms with Gasteiger partial charge in [-0.15, -0.1) is 0 Å². The minimum absolute atomic E-state index is 0.246. The standard InChI is InChI=1S/C19H12FNO2/c20-13-6-8-14(9-7-13)21-19(22)12-5-10-18-16(11-12)15-3-1-2-4-17(15)23-18/h1-11H,(H,21,22). The van der Waals surface area contributed by atoms with Gasteiger partial charge < -0.3 is 9.73 Å². The van der Waals surface area contributed by atoms with E-state index in [-0.39, 0.29) is 11.7 Å². The number of carbonyl (C=O) groups excluding carboxylic acids is 1. The second-order valence-corrected chi connectivity index (χ2v) is 5.27. The van der Waals surface area contributed by atoms with Gasteiger partial charge >= 0.3 is 0 Å². The van der Waals surface area contributed by atoms with Crippen LogP contribution < -0.4 is 5.32 Å². The maximum Gasteiger partial charge on any atom is 0.255 e. The third-order valence-corrected chi connectivity index (χ3v) is 3.74. The summed E-state index contributed by atoms with van der Waals surface area (Å²) in [5.74, 6) is -0.585. The molecule has 1 N–H and O–H groups in total. The third-order valence-electron chi connectivity index (χ3n) is 3.74. The summed E-state index contributed by atoms with van der Waals surface area (Å²) < 4.78 is 18.7. The first kappa shape index (κ1) is 13.5. The minimum Gasteiger partial charge on any atom is -0.456 e. The van der Waals surface area contributed by atoms with Crippen LogP contribution in [0.25, 0.3) is 21.9 Å². The van der Waals surface area contributed by atoms with Crippen LogP contribution in [0, 0.1) is 5.82 Å². The van der Waals surface area contributed by atoms with Crippen molar-refractivity contribution < 1.29 is 13.6 Å². The molecule has 0 radical (unpaired) electrons. The molecule has 0 aliphatic heterocycles. The fraction of sp³-hybridized carbons (Fsp3) is 0. The molecular formula is C19H12FNO2. The van der Waals surface area contributed by atoms with Crippen LogP contribution in [0.15, 0.2) is 71.1 Å². The molecule has 0 spiro atoms. The molecule has 0 atom stereocenters. The lowest BCUT2D eigenvalue weighted by Gasteiger charge is -2.05. The predicted octanol–water partition coefficient (Wildman–Crippen LogP) is 4.98. The van der Waals surface area contributed by atoms with E-state index < -0.39 is 0 Å². The van der Waals surface area contributed by atoms with Crippen LogP contribution in [0.2, 0.25) is 0 Å². The zero-order valence-corrected chi connectivity index (χ0v) is 12.0. The Labute approximate surface area is 131 Å². The van der Waals surface area contributed by atoms with E-state index in [4.69, 9.17) is 4.42 Å². The molecule has 4 rings (SSSR count). The number of para-hydroxylation sites is 1. The number of fused-ring (bicyclic) bond motifs is 3. The maximum absolute atomic E-state index is 12.9. The van der Waals surface area contributed by atoms with Crippen molar-refractivity contribution in [1.82, 2.24) is 0 Å². The van der Waals surface area contributed by atoms with Gasteiger partial charge in [0.15, 0.2) is 0 Å². The molecule has 0 saturated carbocycles. The Kier molecular flexibility index (Phi) is 3.08. The summed E-state index contributed by atoms with van der Waals surface area (Å²) >= 11 is 0. The summed E-state index contributed by atoms with van der Waals surface area (Å²) in [7, 11) is 0. The lowest BCUT2D eigenvalue weighted by molar-refractivity contribution is 0.102. The van der Waals surface area contributed by atoms with E-state index in [2.05, 4.69) is 5.32 Å². The normalized spacial score (nSPS) is 11.0. The maximum atomic E-state index is 12.9. The molecule has 112 valence electrons. The third kappa shape index (κ3) is 2.44.